The van der Waals surface area contributed by atoms with Crippen LogP contribution in [0.1, 0.15) is 11.1 Å². The van der Waals surface area contributed by atoms with Crippen LogP contribution < -0.4 is 10.3 Å². The van der Waals surface area contributed by atoms with Crippen molar-refractivity contribution in [1.29, 1.82) is 0 Å². The smallest absolute Gasteiger partial charge is 0.258 e. The highest BCUT2D eigenvalue weighted by atomic mass is 35.5. The Kier molecular flexibility index (Phi) is 2.98. The van der Waals surface area contributed by atoms with Crippen LogP contribution >= 0.6 is 11.6 Å². The van der Waals surface area contributed by atoms with E-state index in [4.69, 9.17) is 16.3 Å². The summed E-state index contributed by atoms with van der Waals surface area (Å²) in [6.45, 7) is 0. The lowest BCUT2D eigenvalue weighted by Crippen LogP contribution is -2.20. The summed E-state index contributed by atoms with van der Waals surface area (Å²) in [6, 6.07) is 14.8. The van der Waals surface area contributed by atoms with Gasteiger partial charge in [0.2, 0.25) is 5.88 Å². The summed E-state index contributed by atoms with van der Waals surface area (Å²) in [5.41, 5.74) is 2.09. The summed E-state index contributed by atoms with van der Waals surface area (Å²) in [4.78, 5) is 19.6. The Morgan fingerprint density at radius 3 is 2.86 bits per heavy atom. The number of fused-ring (bicyclic) bond motifs is 2. The minimum atomic E-state index is -0.186. The second kappa shape index (κ2) is 5.00. The molecule has 0 saturated carbocycles. The van der Waals surface area contributed by atoms with Gasteiger partial charge in [0.15, 0.2) is 0 Å². The van der Waals surface area contributed by atoms with E-state index in [9.17, 15) is 4.79 Å². The Hall–Kier alpha value is -2.59. The summed E-state index contributed by atoms with van der Waals surface area (Å²) in [7, 11) is 0. The van der Waals surface area contributed by atoms with Gasteiger partial charge in [-0.3, -0.25) is 4.79 Å². The number of hydrogen-bond donors (Lipinski definition) is 1. The molecule has 0 bridgehead atoms. The molecule has 4 nitrogen and oxygen atoms in total. The van der Waals surface area contributed by atoms with Crippen LogP contribution in [0, 0.1) is 0 Å². The van der Waals surface area contributed by atoms with Gasteiger partial charge in [0.1, 0.15) is 11.6 Å². The molecule has 0 fully saturated rings. The minimum absolute atomic E-state index is 0.186. The van der Waals surface area contributed by atoms with E-state index < -0.39 is 0 Å². The second-order valence-electron chi connectivity index (χ2n) is 5.10. The van der Waals surface area contributed by atoms with E-state index in [0.29, 0.717) is 28.7 Å². The number of halogens is 1. The quantitative estimate of drug-likeness (QED) is 0.582. The lowest BCUT2D eigenvalue weighted by molar-refractivity contribution is 0.438. The molecule has 3 aromatic rings. The maximum atomic E-state index is 12.3. The predicted molar refractivity (Wildman–Crippen MR) is 84.6 cm³/mol. The normalized spacial score (nSPS) is 12.2. The SMILES string of the molecule is O=c1[nH]c(-c2cccc(Cl)c2)nc2c1Cc1ccccc1O2. The fourth-order valence-corrected chi connectivity index (χ4v) is 2.72. The van der Waals surface area contributed by atoms with Crippen molar-refractivity contribution in [2.75, 3.05) is 0 Å². The number of para-hydroxylation sites is 1. The topological polar surface area (TPSA) is 55.0 Å². The van der Waals surface area contributed by atoms with Crippen molar-refractivity contribution >= 4 is 11.6 Å². The number of H-pyrrole nitrogens is 1. The number of benzene rings is 2. The van der Waals surface area contributed by atoms with E-state index in [2.05, 4.69) is 9.97 Å². The first-order valence-electron chi connectivity index (χ1n) is 6.85. The molecule has 2 aromatic carbocycles. The van der Waals surface area contributed by atoms with Crippen molar-refractivity contribution in [3.8, 4) is 23.0 Å². The van der Waals surface area contributed by atoms with Gasteiger partial charge in [-0.05, 0) is 23.8 Å². The molecule has 108 valence electrons. The third-order valence-electron chi connectivity index (χ3n) is 3.62. The van der Waals surface area contributed by atoms with Gasteiger partial charge in [-0.1, -0.05) is 41.9 Å². The molecule has 2 heterocycles. The molecular formula is C17H11ClN2O2. The van der Waals surface area contributed by atoms with E-state index in [1.54, 1.807) is 12.1 Å². The number of hydrogen-bond acceptors (Lipinski definition) is 3. The molecule has 1 aromatic heterocycles. The van der Waals surface area contributed by atoms with Crippen LogP contribution in [0.5, 0.6) is 11.6 Å². The Labute approximate surface area is 131 Å². The third kappa shape index (κ3) is 2.18. The van der Waals surface area contributed by atoms with Gasteiger partial charge in [0, 0.05) is 17.0 Å². The standard InChI is InChI=1S/C17H11ClN2O2/c18-12-6-3-5-11(8-12)15-19-16(21)13-9-10-4-1-2-7-14(10)22-17(13)20-15/h1-8H,9H2,(H,19,20,21). The summed E-state index contributed by atoms with van der Waals surface area (Å²) < 4.78 is 5.79. The number of nitrogens with one attached hydrogen (secondary N) is 1. The Morgan fingerprint density at radius 2 is 2.00 bits per heavy atom. The van der Waals surface area contributed by atoms with E-state index >= 15 is 0 Å². The van der Waals surface area contributed by atoms with Crippen molar-refractivity contribution in [3.63, 3.8) is 0 Å². The highest BCUT2D eigenvalue weighted by molar-refractivity contribution is 6.30. The predicted octanol–water partition coefficient (Wildman–Crippen LogP) is 3.79. The maximum absolute atomic E-state index is 12.3. The zero-order valence-electron chi connectivity index (χ0n) is 11.5. The molecule has 0 unspecified atom stereocenters. The molecule has 22 heavy (non-hydrogen) atoms. The molecule has 0 radical (unpaired) electrons. The number of aromatic amines is 1. The Morgan fingerprint density at radius 1 is 1.14 bits per heavy atom. The van der Waals surface area contributed by atoms with Gasteiger partial charge in [-0.2, -0.15) is 4.98 Å². The Balaban J connectivity index is 1.84. The van der Waals surface area contributed by atoms with Gasteiger partial charge in [0.25, 0.3) is 5.56 Å². The van der Waals surface area contributed by atoms with Gasteiger partial charge >= 0.3 is 0 Å². The largest absolute Gasteiger partial charge is 0.438 e. The van der Waals surface area contributed by atoms with Crippen LogP contribution in [0.3, 0.4) is 0 Å². The van der Waals surface area contributed by atoms with Gasteiger partial charge in [0.05, 0.1) is 5.56 Å². The van der Waals surface area contributed by atoms with Gasteiger partial charge in [-0.25, -0.2) is 0 Å². The average Bonchev–Trinajstić information content (AvgIpc) is 2.53. The summed E-state index contributed by atoms with van der Waals surface area (Å²) in [5, 5.41) is 0.587. The molecule has 1 aliphatic heterocycles. The van der Waals surface area contributed by atoms with Crippen LogP contribution in [0.2, 0.25) is 5.02 Å². The van der Waals surface area contributed by atoms with Gasteiger partial charge in [-0.15, -0.1) is 0 Å². The van der Waals surface area contributed by atoms with Crippen LogP contribution in [0.15, 0.2) is 53.3 Å². The average molecular weight is 311 g/mol. The van der Waals surface area contributed by atoms with Crippen LogP contribution in [-0.4, -0.2) is 9.97 Å². The molecule has 0 aliphatic carbocycles. The zero-order chi connectivity index (χ0) is 15.1. The van der Waals surface area contributed by atoms with E-state index in [1.807, 2.05) is 36.4 Å². The lowest BCUT2D eigenvalue weighted by Gasteiger charge is -2.18. The summed E-state index contributed by atoms with van der Waals surface area (Å²) in [6.07, 6.45) is 0.518. The first kappa shape index (κ1) is 13.1. The molecule has 0 spiro atoms. The highest BCUT2D eigenvalue weighted by Gasteiger charge is 2.22. The van der Waals surface area contributed by atoms with Crippen LogP contribution in [-0.2, 0) is 6.42 Å². The van der Waals surface area contributed by atoms with E-state index in [1.165, 1.54) is 0 Å². The highest BCUT2D eigenvalue weighted by Crippen LogP contribution is 2.34. The number of aromatic nitrogens is 2. The van der Waals surface area contributed by atoms with Crippen molar-refractivity contribution in [1.82, 2.24) is 9.97 Å². The Bertz CT molecular complexity index is 934. The monoisotopic (exact) mass is 310 g/mol. The molecule has 5 heteroatoms. The van der Waals surface area contributed by atoms with Crippen molar-refractivity contribution < 1.29 is 4.74 Å². The molecule has 1 aliphatic rings. The molecule has 4 rings (SSSR count). The van der Waals surface area contributed by atoms with Crippen molar-refractivity contribution in [2.24, 2.45) is 0 Å². The van der Waals surface area contributed by atoms with E-state index in [-0.39, 0.29) is 5.56 Å². The third-order valence-corrected chi connectivity index (χ3v) is 3.86. The first-order chi connectivity index (χ1) is 10.7. The number of nitrogens with zero attached hydrogens (tertiary/aromatic N) is 1. The maximum Gasteiger partial charge on any atom is 0.258 e. The molecule has 0 atom stereocenters. The molecule has 0 amide bonds. The lowest BCUT2D eigenvalue weighted by atomic mass is 10.0. The fraction of sp³-hybridized carbons (Fsp3) is 0.0588. The number of rotatable bonds is 1. The summed E-state index contributed by atoms with van der Waals surface area (Å²) in [5.74, 6) is 1.55. The zero-order valence-corrected chi connectivity index (χ0v) is 12.2. The van der Waals surface area contributed by atoms with Crippen molar-refractivity contribution in [2.45, 2.75) is 6.42 Å². The van der Waals surface area contributed by atoms with Crippen LogP contribution in [0.25, 0.3) is 11.4 Å². The van der Waals surface area contributed by atoms with Crippen molar-refractivity contribution in [3.05, 3.63) is 75.0 Å². The van der Waals surface area contributed by atoms with Gasteiger partial charge < -0.3 is 9.72 Å². The molecule has 1 N–H and O–H groups in total. The minimum Gasteiger partial charge on any atom is -0.438 e. The molecular weight excluding hydrogens is 300 g/mol. The fourth-order valence-electron chi connectivity index (χ4n) is 2.53. The first-order valence-corrected chi connectivity index (χ1v) is 7.23. The van der Waals surface area contributed by atoms with E-state index in [0.717, 1.165) is 16.9 Å². The second-order valence-corrected chi connectivity index (χ2v) is 5.53. The number of ether oxygens (including phenoxy) is 1. The van der Waals surface area contributed by atoms with Crippen LogP contribution in [0.4, 0.5) is 0 Å². The summed E-state index contributed by atoms with van der Waals surface area (Å²) >= 11 is 5.99. The molecule has 0 saturated heterocycles.